The van der Waals surface area contributed by atoms with Crippen LogP contribution in [-0.4, -0.2) is 18.7 Å². The van der Waals surface area contributed by atoms with Crippen LogP contribution in [0.15, 0.2) is 53.6 Å². The van der Waals surface area contributed by atoms with Gasteiger partial charge in [-0.3, -0.25) is 4.79 Å². The highest BCUT2D eigenvalue weighted by atomic mass is 19.4. The number of unbranched alkanes of at least 4 members (excludes halogenated alkanes) is 3. The molecule has 0 saturated carbocycles. The van der Waals surface area contributed by atoms with Crippen LogP contribution in [0.2, 0.25) is 0 Å². The third kappa shape index (κ3) is 6.72. The lowest BCUT2D eigenvalue weighted by atomic mass is 10.1. The van der Waals surface area contributed by atoms with Gasteiger partial charge in [0.25, 0.3) is 5.91 Å². The van der Waals surface area contributed by atoms with Gasteiger partial charge in [-0.05, 0) is 48.4 Å². The second-order valence-corrected chi connectivity index (χ2v) is 6.22. The molecule has 0 fully saturated rings. The highest BCUT2D eigenvalue weighted by molar-refractivity contribution is 5.96. The molecule has 4 nitrogen and oxygen atoms in total. The molecule has 1 amide bonds. The lowest BCUT2D eigenvalue weighted by Gasteiger charge is -2.10. The zero-order valence-electron chi connectivity index (χ0n) is 15.6. The molecule has 0 aliphatic carbocycles. The summed E-state index contributed by atoms with van der Waals surface area (Å²) in [4.78, 5) is 12.0. The van der Waals surface area contributed by atoms with E-state index in [1.165, 1.54) is 31.2 Å². The Labute approximate surface area is 162 Å². The molecule has 0 saturated heterocycles. The minimum atomic E-state index is -4.61. The Morgan fingerprint density at radius 1 is 1.07 bits per heavy atom. The van der Waals surface area contributed by atoms with E-state index in [1.54, 1.807) is 24.3 Å². The normalized spacial score (nSPS) is 11.6. The van der Waals surface area contributed by atoms with E-state index in [4.69, 9.17) is 4.74 Å². The Bertz CT molecular complexity index is 787. The number of hydrogen-bond donors (Lipinski definition) is 1. The first-order valence-electron chi connectivity index (χ1n) is 9.14. The van der Waals surface area contributed by atoms with E-state index in [1.807, 2.05) is 0 Å². The predicted molar refractivity (Wildman–Crippen MR) is 103 cm³/mol. The number of nitrogens with zero attached hydrogens (tertiary/aromatic N) is 1. The van der Waals surface area contributed by atoms with Crippen molar-refractivity contribution in [1.82, 2.24) is 5.43 Å². The van der Waals surface area contributed by atoms with Gasteiger partial charge in [-0.25, -0.2) is 5.43 Å². The number of rotatable bonds is 9. The summed E-state index contributed by atoms with van der Waals surface area (Å²) in [7, 11) is 0. The predicted octanol–water partition coefficient (Wildman–Crippen LogP) is 5.43. The van der Waals surface area contributed by atoms with E-state index in [-0.39, 0.29) is 0 Å². The first kappa shape index (κ1) is 21.5. The highest BCUT2D eigenvalue weighted by Gasteiger charge is 2.34. The second-order valence-electron chi connectivity index (χ2n) is 6.22. The maximum absolute atomic E-state index is 13.0. The van der Waals surface area contributed by atoms with Gasteiger partial charge in [0, 0.05) is 0 Å². The number of amides is 1. The van der Waals surface area contributed by atoms with Gasteiger partial charge in [0.05, 0.1) is 23.9 Å². The van der Waals surface area contributed by atoms with Gasteiger partial charge in [-0.15, -0.1) is 0 Å². The van der Waals surface area contributed by atoms with E-state index in [0.29, 0.717) is 12.2 Å². The van der Waals surface area contributed by atoms with Crippen LogP contribution in [0.5, 0.6) is 5.75 Å². The fraction of sp³-hybridized carbons (Fsp3) is 0.333. The molecule has 0 aliphatic rings. The van der Waals surface area contributed by atoms with Crippen molar-refractivity contribution in [2.75, 3.05) is 6.61 Å². The number of hydrazone groups is 1. The summed E-state index contributed by atoms with van der Waals surface area (Å²) in [6, 6.07) is 11.6. The van der Waals surface area contributed by atoms with Gasteiger partial charge >= 0.3 is 6.18 Å². The van der Waals surface area contributed by atoms with E-state index in [2.05, 4.69) is 17.5 Å². The maximum Gasteiger partial charge on any atom is 0.417 e. The number of nitrogens with one attached hydrogen (secondary N) is 1. The highest BCUT2D eigenvalue weighted by Crippen LogP contribution is 2.31. The monoisotopic (exact) mass is 392 g/mol. The van der Waals surface area contributed by atoms with Crippen molar-refractivity contribution in [2.24, 2.45) is 5.10 Å². The van der Waals surface area contributed by atoms with Crippen LogP contribution in [0.25, 0.3) is 0 Å². The molecule has 0 bridgehead atoms. The molecule has 0 heterocycles. The molecule has 0 radical (unpaired) electrons. The third-order valence-corrected chi connectivity index (χ3v) is 4.00. The van der Waals surface area contributed by atoms with E-state index in [9.17, 15) is 18.0 Å². The number of hydrogen-bond acceptors (Lipinski definition) is 3. The number of carbonyl (C=O) groups excluding carboxylic acids is 1. The van der Waals surface area contributed by atoms with Gasteiger partial charge in [-0.2, -0.15) is 18.3 Å². The molecular weight excluding hydrogens is 369 g/mol. The van der Waals surface area contributed by atoms with Gasteiger partial charge in [0.2, 0.25) is 0 Å². The topological polar surface area (TPSA) is 50.7 Å². The molecule has 2 aromatic rings. The summed E-state index contributed by atoms with van der Waals surface area (Å²) in [6.07, 6.45) is 1.26. The van der Waals surface area contributed by atoms with Crippen molar-refractivity contribution in [1.29, 1.82) is 0 Å². The number of alkyl halides is 3. The van der Waals surface area contributed by atoms with Crippen molar-refractivity contribution in [3.8, 4) is 5.75 Å². The molecule has 150 valence electrons. The minimum Gasteiger partial charge on any atom is -0.494 e. The smallest absolute Gasteiger partial charge is 0.417 e. The Kier molecular flexibility index (Phi) is 8.04. The summed E-state index contributed by atoms with van der Waals surface area (Å²) in [6.45, 7) is 2.81. The fourth-order valence-corrected chi connectivity index (χ4v) is 2.52. The lowest BCUT2D eigenvalue weighted by molar-refractivity contribution is -0.137. The van der Waals surface area contributed by atoms with Gasteiger partial charge in [0.15, 0.2) is 0 Å². The number of ether oxygens (including phenoxy) is 1. The maximum atomic E-state index is 13.0. The summed E-state index contributed by atoms with van der Waals surface area (Å²) in [5.74, 6) is -0.187. The van der Waals surface area contributed by atoms with E-state index >= 15 is 0 Å². The van der Waals surface area contributed by atoms with Crippen LogP contribution in [0.3, 0.4) is 0 Å². The first-order chi connectivity index (χ1) is 13.4. The molecule has 0 unspecified atom stereocenters. The zero-order valence-corrected chi connectivity index (χ0v) is 15.6. The quantitative estimate of drug-likeness (QED) is 0.352. The molecule has 0 aromatic heterocycles. The molecule has 2 aromatic carbocycles. The Morgan fingerprint density at radius 3 is 2.46 bits per heavy atom. The molecule has 28 heavy (non-hydrogen) atoms. The number of carbonyl (C=O) groups is 1. The van der Waals surface area contributed by atoms with E-state index < -0.39 is 23.2 Å². The Morgan fingerprint density at radius 2 is 1.79 bits per heavy atom. The van der Waals surface area contributed by atoms with Crippen LogP contribution in [0, 0.1) is 0 Å². The van der Waals surface area contributed by atoms with Crippen molar-refractivity contribution in [3.05, 3.63) is 65.2 Å². The van der Waals surface area contributed by atoms with Crippen LogP contribution in [-0.2, 0) is 6.18 Å². The van der Waals surface area contributed by atoms with Gasteiger partial charge in [0.1, 0.15) is 5.75 Å². The van der Waals surface area contributed by atoms with E-state index in [0.717, 1.165) is 30.7 Å². The summed E-state index contributed by atoms with van der Waals surface area (Å²) in [5.41, 5.74) is 1.34. The Balaban J connectivity index is 1.88. The molecular formula is C21H23F3N2O2. The molecule has 1 N–H and O–H groups in total. The summed E-state index contributed by atoms with van der Waals surface area (Å²) >= 11 is 0. The second kappa shape index (κ2) is 10.5. The molecule has 0 atom stereocenters. The van der Waals surface area contributed by atoms with Crippen LogP contribution < -0.4 is 10.2 Å². The largest absolute Gasteiger partial charge is 0.494 e. The van der Waals surface area contributed by atoms with Crippen LogP contribution in [0.1, 0.15) is 54.1 Å². The van der Waals surface area contributed by atoms with Gasteiger partial charge in [-0.1, -0.05) is 38.3 Å². The minimum absolute atomic E-state index is 0.473. The van der Waals surface area contributed by atoms with Crippen molar-refractivity contribution in [2.45, 2.75) is 38.8 Å². The summed E-state index contributed by atoms with van der Waals surface area (Å²) in [5, 5.41) is 3.73. The lowest BCUT2D eigenvalue weighted by Crippen LogP contribution is -2.22. The van der Waals surface area contributed by atoms with Crippen molar-refractivity contribution in [3.63, 3.8) is 0 Å². The molecule has 0 aliphatic heterocycles. The number of halogens is 3. The standard InChI is InChI=1S/C21H23F3N2O2/c1-2-3-4-7-14-28-17-12-10-16(11-13-17)15-25-26-20(27)18-8-5-6-9-19(18)21(22,23)24/h5-6,8-13,15H,2-4,7,14H2,1H3,(H,26,27)/b25-15+. The fourth-order valence-electron chi connectivity index (χ4n) is 2.52. The first-order valence-corrected chi connectivity index (χ1v) is 9.14. The average Bonchev–Trinajstić information content (AvgIpc) is 2.68. The van der Waals surface area contributed by atoms with Crippen molar-refractivity contribution < 1.29 is 22.7 Å². The zero-order chi connectivity index (χ0) is 20.4. The summed E-state index contributed by atoms with van der Waals surface area (Å²) < 4.78 is 44.5. The third-order valence-electron chi connectivity index (χ3n) is 4.00. The average molecular weight is 392 g/mol. The van der Waals surface area contributed by atoms with Crippen LogP contribution >= 0.6 is 0 Å². The van der Waals surface area contributed by atoms with Crippen molar-refractivity contribution >= 4 is 12.1 Å². The number of benzene rings is 2. The van der Waals surface area contributed by atoms with Gasteiger partial charge < -0.3 is 4.74 Å². The molecule has 2 rings (SSSR count). The Hall–Kier alpha value is -2.83. The van der Waals surface area contributed by atoms with Crippen LogP contribution in [0.4, 0.5) is 13.2 Å². The SMILES string of the molecule is CCCCCCOc1ccc(/C=N/NC(=O)c2ccccc2C(F)(F)F)cc1. The molecule has 7 heteroatoms. The molecule has 0 spiro atoms.